The molecule has 0 amide bonds. The molecule has 0 N–H and O–H groups in total. The Morgan fingerprint density at radius 1 is 1.62 bits per heavy atom. The third-order valence-electron chi connectivity index (χ3n) is 1.77. The molecule has 0 fully saturated rings. The quantitative estimate of drug-likeness (QED) is 0.524. The van der Waals surface area contributed by atoms with Gasteiger partial charge in [0.1, 0.15) is 10.8 Å². The first kappa shape index (κ1) is 9.63. The SMILES string of the molecule is CCn1nnc([N+](=O)[O-])c1C(C)C. The lowest BCUT2D eigenvalue weighted by atomic mass is 10.1. The van der Waals surface area contributed by atoms with Gasteiger partial charge in [-0.3, -0.25) is 0 Å². The molecule has 13 heavy (non-hydrogen) atoms. The van der Waals surface area contributed by atoms with Crippen molar-refractivity contribution in [3.63, 3.8) is 0 Å². The molecule has 0 atom stereocenters. The summed E-state index contributed by atoms with van der Waals surface area (Å²) in [6, 6.07) is 0. The zero-order valence-electron chi connectivity index (χ0n) is 7.89. The van der Waals surface area contributed by atoms with E-state index in [2.05, 4.69) is 10.3 Å². The van der Waals surface area contributed by atoms with Crippen LogP contribution in [0.2, 0.25) is 0 Å². The van der Waals surface area contributed by atoms with E-state index in [1.165, 1.54) is 0 Å². The van der Waals surface area contributed by atoms with E-state index in [1.54, 1.807) is 4.68 Å². The summed E-state index contributed by atoms with van der Waals surface area (Å²) >= 11 is 0. The Labute approximate surface area is 75.7 Å². The number of aryl methyl sites for hydroxylation is 1. The normalized spacial score (nSPS) is 10.8. The molecular weight excluding hydrogens is 172 g/mol. The first-order valence-electron chi connectivity index (χ1n) is 4.15. The third kappa shape index (κ3) is 1.66. The van der Waals surface area contributed by atoms with Crippen molar-refractivity contribution in [2.24, 2.45) is 0 Å². The van der Waals surface area contributed by atoms with Crippen molar-refractivity contribution in [1.29, 1.82) is 0 Å². The van der Waals surface area contributed by atoms with E-state index in [0.717, 1.165) is 0 Å². The smallest absolute Gasteiger partial charge is 0.358 e. The molecule has 6 heteroatoms. The number of aromatic nitrogens is 3. The highest BCUT2D eigenvalue weighted by Crippen LogP contribution is 2.22. The topological polar surface area (TPSA) is 73.8 Å². The minimum absolute atomic E-state index is 0.0651. The summed E-state index contributed by atoms with van der Waals surface area (Å²) in [5.74, 6) is -0.0628. The van der Waals surface area contributed by atoms with Gasteiger partial charge in [0.05, 0.1) is 5.21 Å². The Hall–Kier alpha value is -1.46. The van der Waals surface area contributed by atoms with Gasteiger partial charge in [-0.05, 0) is 11.8 Å². The van der Waals surface area contributed by atoms with Crippen molar-refractivity contribution >= 4 is 5.82 Å². The predicted molar refractivity (Wildman–Crippen MR) is 46.4 cm³/mol. The molecule has 0 spiro atoms. The van der Waals surface area contributed by atoms with E-state index in [4.69, 9.17) is 0 Å². The van der Waals surface area contributed by atoms with Gasteiger partial charge in [0.2, 0.25) is 0 Å². The zero-order valence-corrected chi connectivity index (χ0v) is 7.89. The van der Waals surface area contributed by atoms with Crippen LogP contribution in [0.3, 0.4) is 0 Å². The first-order valence-corrected chi connectivity index (χ1v) is 4.15. The van der Waals surface area contributed by atoms with Crippen LogP contribution < -0.4 is 0 Å². The molecule has 0 saturated heterocycles. The summed E-state index contributed by atoms with van der Waals surface area (Å²) in [5.41, 5.74) is 0.590. The Morgan fingerprint density at radius 2 is 2.23 bits per heavy atom. The summed E-state index contributed by atoms with van der Waals surface area (Å²) in [6.07, 6.45) is 0. The molecule has 1 aromatic rings. The first-order chi connectivity index (χ1) is 6.07. The van der Waals surface area contributed by atoms with Crippen molar-refractivity contribution in [1.82, 2.24) is 15.0 Å². The Balaban J connectivity index is 3.22. The Bertz CT molecular complexity index is 318. The molecule has 0 aliphatic carbocycles. The largest absolute Gasteiger partial charge is 0.413 e. The molecular formula is C7H12N4O2. The van der Waals surface area contributed by atoms with E-state index in [-0.39, 0.29) is 11.7 Å². The second kappa shape index (κ2) is 3.51. The van der Waals surface area contributed by atoms with Crippen LogP contribution in [0, 0.1) is 10.1 Å². The van der Waals surface area contributed by atoms with E-state index < -0.39 is 4.92 Å². The number of hydrogen-bond donors (Lipinski definition) is 0. The molecule has 0 aromatic carbocycles. The Morgan fingerprint density at radius 3 is 2.62 bits per heavy atom. The fourth-order valence-electron chi connectivity index (χ4n) is 1.23. The number of nitrogens with zero attached hydrogens (tertiary/aromatic N) is 4. The van der Waals surface area contributed by atoms with Gasteiger partial charge >= 0.3 is 5.82 Å². The second-order valence-corrected chi connectivity index (χ2v) is 3.03. The standard InChI is InChI=1S/C7H12N4O2/c1-4-10-6(5(2)3)7(8-9-10)11(12)13/h5H,4H2,1-3H3. The minimum Gasteiger partial charge on any atom is -0.358 e. The van der Waals surface area contributed by atoms with Crippen molar-refractivity contribution in [3.8, 4) is 0 Å². The minimum atomic E-state index is -0.492. The maximum Gasteiger partial charge on any atom is 0.413 e. The van der Waals surface area contributed by atoms with Crippen LogP contribution in [-0.4, -0.2) is 19.9 Å². The van der Waals surface area contributed by atoms with Crippen LogP contribution >= 0.6 is 0 Å². The highest BCUT2D eigenvalue weighted by molar-refractivity contribution is 5.27. The highest BCUT2D eigenvalue weighted by Gasteiger charge is 2.24. The van der Waals surface area contributed by atoms with Crippen LogP contribution in [0.25, 0.3) is 0 Å². The maximum absolute atomic E-state index is 10.5. The fraction of sp³-hybridized carbons (Fsp3) is 0.714. The average molecular weight is 184 g/mol. The summed E-state index contributed by atoms with van der Waals surface area (Å²) in [4.78, 5) is 10.1. The average Bonchev–Trinajstić information content (AvgIpc) is 2.46. The van der Waals surface area contributed by atoms with E-state index in [9.17, 15) is 10.1 Å². The molecule has 0 saturated carbocycles. The van der Waals surface area contributed by atoms with Gasteiger partial charge in [-0.25, -0.2) is 4.68 Å². The molecule has 0 aliphatic rings. The van der Waals surface area contributed by atoms with E-state index in [0.29, 0.717) is 12.2 Å². The number of rotatable bonds is 3. The fourth-order valence-corrected chi connectivity index (χ4v) is 1.23. The second-order valence-electron chi connectivity index (χ2n) is 3.03. The molecule has 0 bridgehead atoms. The van der Waals surface area contributed by atoms with Crippen molar-refractivity contribution in [2.45, 2.75) is 33.2 Å². The third-order valence-corrected chi connectivity index (χ3v) is 1.77. The van der Waals surface area contributed by atoms with Gasteiger partial charge in [0, 0.05) is 12.5 Å². The van der Waals surface area contributed by atoms with Gasteiger partial charge in [-0.15, -0.1) is 0 Å². The summed E-state index contributed by atoms with van der Waals surface area (Å²) in [7, 11) is 0. The van der Waals surface area contributed by atoms with Crippen molar-refractivity contribution < 1.29 is 4.92 Å². The van der Waals surface area contributed by atoms with Crippen molar-refractivity contribution in [2.75, 3.05) is 0 Å². The maximum atomic E-state index is 10.5. The predicted octanol–water partition coefficient (Wildman–Crippen LogP) is 1.33. The summed E-state index contributed by atoms with van der Waals surface area (Å²) in [6.45, 7) is 6.26. The molecule has 1 heterocycles. The summed E-state index contributed by atoms with van der Waals surface area (Å²) < 4.78 is 1.56. The molecule has 1 aromatic heterocycles. The van der Waals surface area contributed by atoms with Crippen LogP contribution in [0.1, 0.15) is 32.4 Å². The Kier molecular flexibility index (Phi) is 2.60. The van der Waals surface area contributed by atoms with Gasteiger partial charge < -0.3 is 10.1 Å². The van der Waals surface area contributed by atoms with Gasteiger partial charge in [0.25, 0.3) is 0 Å². The molecule has 1 rings (SSSR count). The molecule has 0 unspecified atom stereocenters. The van der Waals surface area contributed by atoms with Crippen LogP contribution in [-0.2, 0) is 6.54 Å². The van der Waals surface area contributed by atoms with Gasteiger partial charge in [0.15, 0.2) is 0 Å². The lowest BCUT2D eigenvalue weighted by Crippen LogP contribution is -2.05. The lowest BCUT2D eigenvalue weighted by molar-refractivity contribution is -0.390. The van der Waals surface area contributed by atoms with Gasteiger partial charge in [-0.2, -0.15) is 0 Å². The van der Waals surface area contributed by atoms with Crippen molar-refractivity contribution in [3.05, 3.63) is 15.8 Å². The summed E-state index contributed by atoms with van der Waals surface area (Å²) in [5, 5.41) is 17.8. The highest BCUT2D eigenvalue weighted by atomic mass is 16.6. The van der Waals surface area contributed by atoms with E-state index in [1.807, 2.05) is 20.8 Å². The number of hydrogen-bond acceptors (Lipinski definition) is 4. The van der Waals surface area contributed by atoms with E-state index >= 15 is 0 Å². The monoisotopic (exact) mass is 184 g/mol. The van der Waals surface area contributed by atoms with Crippen LogP contribution in [0.4, 0.5) is 5.82 Å². The van der Waals surface area contributed by atoms with Crippen LogP contribution in [0.15, 0.2) is 0 Å². The molecule has 0 aliphatic heterocycles. The molecule has 6 nitrogen and oxygen atoms in total. The molecule has 0 radical (unpaired) electrons. The lowest BCUT2D eigenvalue weighted by Gasteiger charge is -2.04. The van der Waals surface area contributed by atoms with Crippen LogP contribution in [0.5, 0.6) is 0 Å². The molecule has 72 valence electrons. The number of nitro groups is 1. The van der Waals surface area contributed by atoms with Gasteiger partial charge in [-0.1, -0.05) is 13.8 Å². The zero-order chi connectivity index (χ0) is 10.0.